The maximum atomic E-state index is 12.9. The molecule has 9 heteroatoms. The van der Waals surface area contributed by atoms with Crippen molar-refractivity contribution in [3.63, 3.8) is 0 Å². The number of hydrogen-bond acceptors (Lipinski definition) is 7. The highest BCUT2D eigenvalue weighted by atomic mass is 32.2. The van der Waals surface area contributed by atoms with E-state index in [1.807, 2.05) is 23.3 Å². The molecular formula is C23H36N4O4S. The Balaban J connectivity index is 1.41. The van der Waals surface area contributed by atoms with Crippen LogP contribution in [0.15, 0.2) is 9.82 Å². The Kier molecular flexibility index (Phi) is 8.26. The van der Waals surface area contributed by atoms with Crippen molar-refractivity contribution in [2.75, 3.05) is 51.7 Å². The second kappa shape index (κ2) is 11.1. The molecule has 1 aromatic heterocycles. The molecule has 0 radical (unpaired) electrons. The highest BCUT2D eigenvalue weighted by Crippen LogP contribution is 2.29. The number of hydrogen-bond donors (Lipinski definition) is 0. The van der Waals surface area contributed by atoms with Gasteiger partial charge in [-0.3, -0.25) is 14.3 Å². The van der Waals surface area contributed by atoms with Gasteiger partial charge in [-0.2, -0.15) is 4.98 Å². The third-order valence-corrected chi connectivity index (χ3v) is 7.52. The normalized spacial score (nSPS) is 24.4. The smallest absolute Gasteiger partial charge is 0.348 e. The average Bonchev–Trinajstić information content (AvgIpc) is 2.79. The molecule has 8 nitrogen and oxygen atoms in total. The summed E-state index contributed by atoms with van der Waals surface area (Å²) in [5.41, 5.74) is 2.15. The van der Waals surface area contributed by atoms with Crippen LogP contribution in [0, 0.1) is 0 Å². The molecular weight excluding hydrogens is 428 g/mol. The standard InChI is InChI=1S/C23H36N4O4S/c1-17-14-26(15-18(2)31-17)21(28)16-32-22-19-6-3-4-7-20(19)27(23(29)24-22)9-5-8-25-10-12-30-13-11-25/h17-18H,3-16H2,1-2H3. The molecule has 178 valence electrons. The highest BCUT2D eigenvalue weighted by Gasteiger charge is 2.27. The van der Waals surface area contributed by atoms with Gasteiger partial charge < -0.3 is 14.4 Å². The summed E-state index contributed by atoms with van der Waals surface area (Å²) in [6.07, 6.45) is 5.12. The Labute approximate surface area is 194 Å². The number of aromatic nitrogens is 2. The summed E-state index contributed by atoms with van der Waals surface area (Å²) in [5.74, 6) is 0.414. The highest BCUT2D eigenvalue weighted by molar-refractivity contribution is 7.99. The second-order valence-corrected chi connectivity index (χ2v) is 10.1. The van der Waals surface area contributed by atoms with Crippen molar-refractivity contribution in [3.05, 3.63) is 21.7 Å². The summed E-state index contributed by atoms with van der Waals surface area (Å²) in [6, 6.07) is 0. The van der Waals surface area contributed by atoms with Crippen LogP contribution in [-0.2, 0) is 33.7 Å². The summed E-state index contributed by atoms with van der Waals surface area (Å²) < 4.78 is 13.0. The minimum Gasteiger partial charge on any atom is -0.379 e. The van der Waals surface area contributed by atoms with E-state index in [1.54, 1.807) is 0 Å². The van der Waals surface area contributed by atoms with Crippen LogP contribution in [0.4, 0.5) is 0 Å². The van der Waals surface area contributed by atoms with Gasteiger partial charge >= 0.3 is 5.69 Å². The second-order valence-electron chi connectivity index (χ2n) is 9.14. The van der Waals surface area contributed by atoms with Crippen molar-refractivity contribution in [3.8, 4) is 0 Å². The van der Waals surface area contributed by atoms with Crippen molar-refractivity contribution >= 4 is 17.7 Å². The summed E-state index contributed by atoms with van der Waals surface area (Å²) in [5, 5.41) is 0.761. The number of amides is 1. The first-order chi connectivity index (χ1) is 15.5. The molecule has 0 spiro atoms. The minimum atomic E-state index is -0.170. The number of carbonyl (C=O) groups excluding carboxylic acids is 1. The van der Waals surface area contributed by atoms with Gasteiger partial charge in [0.25, 0.3) is 0 Å². The monoisotopic (exact) mass is 464 g/mol. The molecule has 2 fully saturated rings. The molecule has 2 aliphatic heterocycles. The van der Waals surface area contributed by atoms with E-state index in [0.717, 1.165) is 75.7 Å². The Morgan fingerprint density at radius 2 is 1.81 bits per heavy atom. The largest absolute Gasteiger partial charge is 0.379 e. The molecule has 32 heavy (non-hydrogen) atoms. The zero-order valence-corrected chi connectivity index (χ0v) is 20.2. The van der Waals surface area contributed by atoms with Gasteiger partial charge in [0, 0.05) is 50.5 Å². The van der Waals surface area contributed by atoms with Crippen molar-refractivity contribution in [1.82, 2.24) is 19.4 Å². The van der Waals surface area contributed by atoms with Gasteiger partial charge in [0.1, 0.15) is 5.03 Å². The molecule has 3 aliphatic rings. The number of thioether (sulfide) groups is 1. The van der Waals surface area contributed by atoms with E-state index >= 15 is 0 Å². The predicted octanol–water partition coefficient (Wildman–Crippen LogP) is 1.57. The van der Waals surface area contributed by atoms with E-state index < -0.39 is 0 Å². The fourth-order valence-electron chi connectivity index (χ4n) is 4.98. The van der Waals surface area contributed by atoms with Gasteiger partial charge in [0.05, 0.1) is 31.2 Å². The van der Waals surface area contributed by atoms with E-state index in [9.17, 15) is 9.59 Å². The van der Waals surface area contributed by atoms with E-state index in [2.05, 4.69) is 9.88 Å². The third kappa shape index (κ3) is 5.92. The van der Waals surface area contributed by atoms with Gasteiger partial charge in [-0.25, -0.2) is 4.79 Å². The molecule has 2 unspecified atom stereocenters. The SMILES string of the molecule is CC1CN(C(=O)CSc2nc(=O)n(CCCN3CCOCC3)c3c2CCCC3)CC(C)O1. The molecule has 3 heterocycles. The summed E-state index contributed by atoms with van der Waals surface area (Å²) in [6.45, 7) is 10.5. The van der Waals surface area contributed by atoms with Gasteiger partial charge in [-0.15, -0.1) is 0 Å². The minimum absolute atomic E-state index is 0.0555. The number of fused-ring (bicyclic) bond motifs is 1. The van der Waals surface area contributed by atoms with Crippen LogP contribution < -0.4 is 5.69 Å². The van der Waals surface area contributed by atoms with Crippen LogP contribution in [0.25, 0.3) is 0 Å². The first kappa shape index (κ1) is 23.7. The first-order valence-electron chi connectivity index (χ1n) is 12.0. The Hall–Kier alpha value is -1.42. The van der Waals surface area contributed by atoms with Crippen LogP contribution in [-0.4, -0.2) is 89.2 Å². The van der Waals surface area contributed by atoms with Gasteiger partial charge in [-0.1, -0.05) is 11.8 Å². The van der Waals surface area contributed by atoms with Crippen molar-refractivity contribution in [2.45, 2.75) is 69.7 Å². The lowest BCUT2D eigenvalue weighted by Crippen LogP contribution is -2.48. The van der Waals surface area contributed by atoms with Gasteiger partial charge in [0.2, 0.25) is 5.91 Å². The molecule has 1 amide bonds. The number of ether oxygens (including phenoxy) is 2. The Bertz CT molecular complexity index is 845. The molecule has 0 aromatic carbocycles. The number of rotatable bonds is 7. The quantitative estimate of drug-likeness (QED) is 0.448. The van der Waals surface area contributed by atoms with E-state index in [1.165, 1.54) is 17.3 Å². The molecule has 2 atom stereocenters. The number of nitrogens with zero attached hydrogens (tertiary/aromatic N) is 4. The van der Waals surface area contributed by atoms with Crippen molar-refractivity contribution in [2.24, 2.45) is 0 Å². The Morgan fingerprint density at radius 3 is 2.56 bits per heavy atom. The zero-order chi connectivity index (χ0) is 22.5. The van der Waals surface area contributed by atoms with Crippen LogP contribution in [0.3, 0.4) is 0 Å². The number of carbonyl (C=O) groups is 1. The van der Waals surface area contributed by atoms with Crippen molar-refractivity contribution in [1.29, 1.82) is 0 Å². The van der Waals surface area contributed by atoms with Crippen LogP contribution in [0.1, 0.15) is 44.4 Å². The van der Waals surface area contributed by atoms with Gasteiger partial charge in [0.15, 0.2) is 0 Å². The molecule has 0 N–H and O–H groups in total. The summed E-state index contributed by atoms with van der Waals surface area (Å²) in [4.78, 5) is 34.4. The summed E-state index contributed by atoms with van der Waals surface area (Å²) in [7, 11) is 0. The van der Waals surface area contributed by atoms with Crippen LogP contribution in [0.2, 0.25) is 0 Å². The van der Waals surface area contributed by atoms with E-state index in [-0.39, 0.29) is 23.8 Å². The van der Waals surface area contributed by atoms with E-state index in [4.69, 9.17) is 9.47 Å². The molecule has 4 rings (SSSR count). The fraction of sp³-hybridized carbons (Fsp3) is 0.783. The third-order valence-electron chi connectivity index (χ3n) is 6.52. The van der Waals surface area contributed by atoms with Crippen molar-refractivity contribution < 1.29 is 14.3 Å². The maximum Gasteiger partial charge on any atom is 0.348 e. The topological polar surface area (TPSA) is 76.9 Å². The lowest BCUT2D eigenvalue weighted by Gasteiger charge is -2.35. The fourth-order valence-corrected chi connectivity index (χ4v) is 5.96. The lowest BCUT2D eigenvalue weighted by molar-refractivity contribution is -0.140. The van der Waals surface area contributed by atoms with Crippen LogP contribution >= 0.6 is 11.8 Å². The summed E-state index contributed by atoms with van der Waals surface area (Å²) >= 11 is 1.43. The molecule has 0 saturated carbocycles. The average molecular weight is 465 g/mol. The number of morpholine rings is 2. The zero-order valence-electron chi connectivity index (χ0n) is 19.4. The molecule has 2 saturated heterocycles. The molecule has 1 aliphatic carbocycles. The lowest BCUT2D eigenvalue weighted by atomic mass is 9.97. The molecule has 0 bridgehead atoms. The van der Waals surface area contributed by atoms with Gasteiger partial charge in [-0.05, 0) is 46.0 Å². The maximum absolute atomic E-state index is 12.9. The first-order valence-corrected chi connectivity index (χ1v) is 13.0. The van der Waals surface area contributed by atoms with E-state index in [0.29, 0.717) is 25.4 Å². The molecule has 1 aromatic rings. The van der Waals surface area contributed by atoms with Crippen LogP contribution in [0.5, 0.6) is 0 Å². The Morgan fingerprint density at radius 1 is 1.09 bits per heavy atom. The predicted molar refractivity (Wildman–Crippen MR) is 124 cm³/mol.